The Bertz CT molecular complexity index is 430. The van der Waals surface area contributed by atoms with Crippen LogP contribution in [0.1, 0.15) is 24.8 Å². The minimum absolute atomic E-state index is 0. The van der Waals surface area contributed by atoms with E-state index in [-0.39, 0.29) is 17.0 Å². The summed E-state index contributed by atoms with van der Waals surface area (Å²) in [5.41, 5.74) is 1.28. The molecular formula is C15H22BrCl2NO. The SMILES string of the molecule is Br.CCOC[C@H]1CN(C)CC[C@H]1c1ccc(Cl)c(Cl)c1. The van der Waals surface area contributed by atoms with E-state index in [2.05, 4.69) is 18.0 Å². The molecule has 1 heterocycles. The van der Waals surface area contributed by atoms with Crippen LogP contribution in [0.2, 0.25) is 10.0 Å². The second-order valence-electron chi connectivity index (χ2n) is 5.25. The maximum absolute atomic E-state index is 6.14. The lowest BCUT2D eigenvalue weighted by molar-refractivity contribution is 0.0628. The third-order valence-electron chi connectivity index (χ3n) is 3.84. The second kappa shape index (κ2) is 8.60. The molecule has 0 aliphatic carbocycles. The zero-order chi connectivity index (χ0) is 13.8. The molecule has 5 heteroatoms. The van der Waals surface area contributed by atoms with Crippen molar-refractivity contribution in [2.45, 2.75) is 19.3 Å². The van der Waals surface area contributed by atoms with Crippen molar-refractivity contribution in [2.75, 3.05) is 33.4 Å². The van der Waals surface area contributed by atoms with E-state index < -0.39 is 0 Å². The third-order valence-corrected chi connectivity index (χ3v) is 4.58. The van der Waals surface area contributed by atoms with Gasteiger partial charge in [-0.2, -0.15) is 0 Å². The lowest BCUT2D eigenvalue weighted by Gasteiger charge is -2.37. The Morgan fingerprint density at radius 3 is 2.70 bits per heavy atom. The van der Waals surface area contributed by atoms with Gasteiger partial charge in [0.1, 0.15) is 0 Å². The zero-order valence-electron chi connectivity index (χ0n) is 11.9. The summed E-state index contributed by atoms with van der Waals surface area (Å²) in [5, 5.41) is 1.27. The standard InChI is InChI=1S/C15H21Cl2NO.BrH/c1-3-19-10-12-9-18(2)7-6-13(12)11-4-5-14(16)15(17)8-11;/h4-5,8,12-13H,3,6-7,9-10H2,1-2H3;1H/t12-,13+;/m1./s1. The van der Waals surface area contributed by atoms with Crippen LogP contribution in [0.25, 0.3) is 0 Å². The van der Waals surface area contributed by atoms with Crippen molar-refractivity contribution < 1.29 is 4.74 Å². The van der Waals surface area contributed by atoms with Crippen molar-refractivity contribution in [2.24, 2.45) is 5.92 Å². The predicted octanol–water partition coefficient (Wildman–Crippen LogP) is 4.64. The van der Waals surface area contributed by atoms with Gasteiger partial charge < -0.3 is 9.64 Å². The Kier molecular flexibility index (Phi) is 7.84. The average Bonchev–Trinajstić information content (AvgIpc) is 2.40. The Balaban J connectivity index is 0.00000200. The lowest BCUT2D eigenvalue weighted by Crippen LogP contribution is -2.39. The maximum Gasteiger partial charge on any atom is 0.0595 e. The van der Waals surface area contributed by atoms with Gasteiger partial charge in [-0.1, -0.05) is 29.3 Å². The summed E-state index contributed by atoms with van der Waals surface area (Å²) in [6.45, 7) is 5.82. The van der Waals surface area contributed by atoms with E-state index in [0.717, 1.165) is 32.7 Å². The van der Waals surface area contributed by atoms with Crippen molar-refractivity contribution in [1.82, 2.24) is 4.90 Å². The minimum atomic E-state index is 0. The zero-order valence-corrected chi connectivity index (χ0v) is 15.2. The molecule has 0 bridgehead atoms. The Morgan fingerprint density at radius 1 is 1.30 bits per heavy atom. The van der Waals surface area contributed by atoms with Crippen molar-refractivity contribution in [1.29, 1.82) is 0 Å². The first kappa shape index (κ1) is 18.2. The number of benzene rings is 1. The van der Waals surface area contributed by atoms with Crippen molar-refractivity contribution in [3.63, 3.8) is 0 Å². The van der Waals surface area contributed by atoms with E-state index in [1.807, 2.05) is 19.1 Å². The summed E-state index contributed by atoms with van der Waals surface area (Å²) < 4.78 is 5.64. The third kappa shape index (κ3) is 4.60. The Hall–Kier alpha value is 0.200. The average molecular weight is 383 g/mol. The molecule has 2 rings (SSSR count). The van der Waals surface area contributed by atoms with E-state index in [0.29, 0.717) is 21.9 Å². The predicted molar refractivity (Wildman–Crippen MR) is 91.6 cm³/mol. The first-order valence-corrected chi connectivity index (χ1v) is 7.58. The topological polar surface area (TPSA) is 12.5 Å². The fraction of sp³-hybridized carbons (Fsp3) is 0.600. The number of hydrogen-bond acceptors (Lipinski definition) is 2. The molecule has 1 aliphatic rings. The second-order valence-corrected chi connectivity index (χ2v) is 6.06. The summed E-state index contributed by atoms with van der Waals surface area (Å²) in [4.78, 5) is 2.37. The van der Waals surface area contributed by atoms with Gasteiger partial charge in [-0.3, -0.25) is 0 Å². The minimum Gasteiger partial charge on any atom is -0.381 e. The van der Waals surface area contributed by atoms with Gasteiger partial charge in [0.15, 0.2) is 0 Å². The summed E-state index contributed by atoms with van der Waals surface area (Å²) in [7, 11) is 2.17. The van der Waals surface area contributed by atoms with Gasteiger partial charge in [0.2, 0.25) is 0 Å². The van der Waals surface area contributed by atoms with Gasteiger partial charge in [0, 0.05) is 19.1 Å². The first-order valence-electron chi connectivity index (χ1n) is 6.83. The van der Waals surface area contributed by atoms with Crippen LogP contribution in [-0.2, 0) is 4.74 Å². The monoisotopic (exact) mass is 381 g/mol. The van der Waals surface area contributed by atoms with Crippen molar-refractivity contribution >= 4 is 40.2 Å². The molecule has 0 aromatic heterocycles. The molecule has 2 nitrogen and oxygen atoms in total. The number of piperidine rings is 1. The van der Waals surface area contributed by atoms with Crippen molar-refractivity contribution in [3.05, 3.63) is 33.8 Å². The number of halogens is 3. The first-order chi connectivity index (χ1) is 9.11. The van der Waals surface area contributed by atoms with Crippen LogP contribution < -0.4 is 0 Å². The molecule has 0 N–H and O–H groups in total. The normalized spacial score (nSPS) is 23.4. The lowest BCUT2D eigenvalue weighted by atomic mass is 9.81. The highest BCUT2D eigenvalue weighted by Gasteiger charge is 2.29. The van der Waals surface area contributed by atoms with Gasteiger partial charge in [0.25, 0.3) is 0 Å². The molecule has 1 aliphatic heterocycles. The van der Waals surface area contributed by atoms with Gasteiger partial charge in [-0.25, -0.2) is 0 Å². The van der Waals surface area contributed by atoms with E-state index in [1.165, 1.54) is 5.56 Å². The molecule has 0 radical (unpaired) electrons. The van der Waals surface area contributed by atoms with E-state index >= 15 is 0 Å². The quantitative estimate of drug-likeness (QED) is 0.751. The van der Waals surface area contributed by atoms with Gasteiger partial charge >= 0.3 is 0 Å². The highest BCUT2D eigenvalue weighted by atomic mass is 79.9. The highest BCUT2D eigenvalue weighted by Crippen LogP contribution is 2.35. The number of hydrogen-bond donors (Lipinski definition) is 0. The molecule has 0 spiro atoms. The molecule has 2 atom stereocenters. The number of rotatable bonds is 4. The number of ether oxygens (including phenoxy) is 1. The smallest absolute Gasteiger partial charge is 0.0595 e. The molecule has 1 fully saturated rings. The summed E-state index contributed by atoms with van der Waals surface area (Å²) >= 11 is 12.1. The van der Waals surface area contributed by atoms with Crippen LogP contribution in [0.4, 0.5) is 0 Å². The van der Waals surface area contributed by atoms with Crippen LogP contribution in [0.3, 0.4) is 0 Å². The number of likely N-dealkylation sites (tertiary alicyclic amines) is 1. The fourth-order valence-electron chi connectivity index (χ4n) is 2.83. The highest BCUT2D eigenvalue weighted by molar-refractivity contribution is 8.93. The molecule has 1 saturated heterocycles. The van der Waals surface area contributed by atoms with E-state index in [4.69, 9.17) is 27.9 Å². The van der Waals surface area contributed by atoms with Gasteiger partial charge in [-0.15, -0.1) is 17.0 Å². The molecule has 114 valence electrons. The van der Waals surface area contributed by atoms with Crippen LogP contribution in [0, 0.1) is 5.92 Å². The molecular weight excluding hydrogens is 361 g/mol. The van der Waals surface area contributed by atoms with Gasteiger partial charge in [0.05, 0.1) is 16.7 Å². The van der Waals surface area contributed by atoms with E-state index in [1.54, 1.807) is 0 Å². The van der Waals surface area contributed by atoms with Crippen molar-refractivity contribution in [3.8, 4) is 0 Å². The fourth-order valence-corrected chi connectivity index (χ4v) is 3.14. The van der Waals surface area contributed by atoms with Crippen LogP contribution in [-0.4, -0.2) is 38.3 Å². The van der Waals surface area contributed by atoms with E-state index in [9.17, 15) is 0 Å². The Morgan fingerprint density at radius 2 is 2.05 bits per heavy atom. The summed E-state index contributed by atoms with van der Waals surface area (Å²) in [6, 6.07) is 6.01. The van der Waals surface area contributed by atoms with Gasteiger partial charge in [-0.05, 0) is 50.6 Å². The van der Waals surface area contributed by atoms with Crippen LogP contribution in [0.15, 0.2) is 18.2 Å². The number of nitrogens with zero attached hydrogens (tertiary/aromatic N) is 1. The molecule has 20 heavy (non-hydrogen) atoms. The largest absolute Gasteiger partial charge is 0.381 e. The molecule has 0 unspecified atom stereocenters. The molecule has 0 saturated carbocycles. The summed E-state index contributed by atoms with van der Waals surface area (Å²) in [5.74, 6) is 1.04. The summed E-state index contributed by atoms with van der Waals surface area (Å²) in [6.07, 6.45) is 1.15. The molecule has 1 aromatic rings. The van der Waals surface area contributed by atoms with Crippen LogP contribution in [0.5, 0.6) is 0 Å². The molecule has 1 aromatic carbocycles. The Labute approximate surface area is 142 Å². The maximum atomic E-state index is 6.14. The molecule has 0 amide bonds. The van der Waals surface area contributed by atoms with Crippen LogP contribution >= 0.6 is 40.2 Å².